The molecule has 0 aliphatic heterocycles. The maximum absolute atomic E-state index is 12.5. The first kappa shape index (κ1) is 18.2. The van der Waals surface area contributed by atoms with Crippen LogP contribution in [0.25, 0.3) is 0 Å². The fourth-order valence-corrected chi connectivity index (χ4v) is 4.21. The van der Waals surface area contributed by atoms with Gasteiger partial charge in [0.05, 0.1) is 5.75 Å². The largest absolute Gasteiger partial charge is 0.334 e. The first-order chi connectivity index (χ1) is 11.9. The monoisotopic (exact) mass is 365 g/mol. The lowest BCUT2D eigenvalue weighted by atomic mass is 10.1. The minimum atomic E-state index is -3.30. The van der Waals surface area contributed by atoms with Crippen LogP contribution in [0.4, 0.5) is 4.79 Å². The van der Waals surface area contributed by atoms with Gasteiger partial charge in [-0.05, 0) is 55.7 Å². The number of hydrogen-bond donors (Lipinski definition) is 2. The van der Waals surface area contributed by atoms with Crippen LogP contribution >= 0.6 is 0 Å². The van der Waals surface area contributed by atoms with Gasteiger partial charge in [0.1, 0.15) is 0 Å². The molecule has 2 aliphatic rings. The normalized spacial score (nSPS) is 17.6. The molecule has 2 amide bonds. The zero-order chi connectivity index (χ0) is 18.0. The highest BCUT2D eigenvalue weighted by atomic mass is 32.2. The number of sulfonamides is 1. The summed E-state index contributed by atoms with van der Waals surface area (Å²) in [6, 6.07) is 7.67. The van der Waals surface area contributed by atoms with E-state index in [0.29, 0.717) is 30.0 Å². The smallest absolute Gasteiger partial charge is 0.317 e. The third-order valence-electron chi connectivity index (χ3n) is 5.08. The maximum Gasteiger partial charge on any atom is 0.317 e. The van der Waals surface area contributed by atoms with Crippen molar-refractivity contribution in [2.75, 3.05) is 14.1 Å². The highest BCUT2D eigenvalue weighted by molar-refractivity contribution is 7.88. The third kappa shape index (κ3) is 4.95. The van der Waals surface area contributed by atoms with E-state index in [2.05, 4.69) is 10.0 Å². The average molecular weight is 365 g/mol. The third-order valence-corrected chi connectivity index (χ3v) is 6.42. The summed E-state index contributed by atoms with van der Waals surface area (Å²) in [5.41, 5.74) is 1.61. The van der Waals surface area contributed by atoms with Crippen LogP contribution in [0.2, 0.25) is 0 Å². The quantitative estimate of drug-likeness (QED) is 0.740. The van der Waals surface area contributed by atoms with Crippen LogP contribution in [0.5, 0.6) is 0 Å². The summed E-state index contributed by atoms with van der Waals surface area (Å²) in [7, 11) is 0.00751. The molecule has 138 valence electrons. The Morgan fingerprint density at radius 2 is 1.80 bits per heavy atom. The van der Waals surface area contributed by atoms with Crippen molar-refractivity contribution >= 4 is 16.1 Å². The van der Waals surface area contributed by atoms with E-state index in [1.54, 1.807) is 6.07 Å². The van der Waals surface area contributed by atoms with E-state index in [1.165, 1.54) is 32.7 Å². The van der Waals surface area contributed by atoms with Gasteiger partial charge in [0, 0.05) is 19.6 Å². The number of rotatable bonds is 8. The van der Waals surface area contributed by atoms with Crippen molar-refractivity contribution in [2.45, 2.75) is 44.0 Å². The van der Waals surface area contributed by atoms with E-state index in [1.807, 2.05) is 30.1 Å². The number of urea groups is 1. The molecule has 0 aromatic heterocycles. The number of hydrogen-bond acceptors (Lipinski definition) is 3. The summed E-state index contributed by atoms with van der Waals surface area (Å²) in [6.07, 6.45) is 4.95. The van der Waals surface area contributed by atoms with Gasteiger partial charge in [0.25, 0.3) is 0 Å². The summed E-state index contributed by atoms with van der Waals surface area (Å²) < 4.78 is 25.6. The molecule has 0 spiro atoms. The number of nitrogens with zero attached hydrogens (tertiary/aromatic N) is 1. The van der Waals surface area contributed by atoms with E-state index >= 15 is 0 Å². The molecule has 1 aromatic carbocycles. The molecule has 0 unspecified atom stereocenters. The van der Waals surface area contributed by atoms with Crippen LogP contribution in [0.15, 0.2) is 24.3 Å². The molecule has 25 heavy (non-hydrogen) atoms. The van der Waals surface area contributed by atoms with Crippen molar-refractivity contribution in [3.63, 3.8) is 0 Å². The van der Waals surface area contributed by atoms with Crippen molar-refractivity contribution < 1.29 is 13.2 Å². The Kier molecular flexibility index (Phi) is 5.34. The predicted molar refractivity (Wildman–Crippen MR) is 97.4 cm³/mol. The van der Waals surface area contributed by atoms with E-state index < -0.39 is 10.0 Å². The van der Waals surface area contributed by atoms with Crippen molar-refractivity contribution in [3.8, 4) is 0 Å². The van der Waals surface area contributed by atoms with Crippen LogP contribution in [-0.4, -0.2) is 39.5 Å². The molecule has 0 heterocycles. The molecule has 2 saturated carbocycles. The number of benzene rings is 1. The molecule has 0 saturated heterocycles. The Balaban J connectivity index is 1.56. The fourth-order valence-electron chi connectivity index (χ4n) is 3.45. The molecular weight excluding hydrogens is 338 g/mol. The highest BCUT2D eigenvalue weighted by Gasteiger charge is 2.44. The Hall–Kier alpha value is -1.60. The summed E-state index contributed by atoms with van der Waals surface area (Å²) in [5, 5.41) is 2.97. The summed E-state index contributed by atoms with van der Waals surface area (Å²) >= 11 is 0. The topological polar surface area (TPSA) is 78.5 Å². The van der Waals surface area contributed by atoms with Crippen molar-refractivity contribution in [2.24, 2.45) is 11.8 Å². The van der Waals surface area contributed by atoms with Crippen LogP contribution < -0.4 is 10.0 Å². The van der Waals surface area contributed by atoms with Gasteiger partial charge < -0.3 is 10.2 Å². The molecule has 3 rings (SSSR count). The van der Waals surface area contributed by atoms with Gasteiger partial charge in [-0.1, -0.05) is 24.3 Å². The van der Waals surface area contributed by atoms with Crippen LogP contribution in [0.3, 0.4) is 0 Å². The van der Waals surface area contributed by atoms with Crippen LogP contribution in [0.1, 0.15) is 36.8 Å². The predicted octanol–water partition coefficient (Wildman–Crippen LogP) is 2.07. The summed E-state index contributed by atoms with van der Waals surface area (Å²) in [4.78, 5) is 14.4. The second-order valence-electron chi connectivity index (χ2n) is 7.22. The number of carbonyl (C=O) groups is 1. The highest BCUT2D eigenvalue weighted by Crippen LogP contribution is 2.46. The minimum absolute atomic E-state index is 0.0444. The van der Waals surface area contributed by atoms with E-state index in [-0.39, 0.29) is 11.8 Å². The van der Waals surface area contributed by atoms with Gasteiger partial charge in [-0.15, -0.1) is 0 Å². The molecule has 2 fully saturated rings. The van der Waals surface area contributed by atoms with Gasteiger partial charge in [-0.3, -0.25) is 0 Å². The van der Waals surface area contributed by atoms with Gasteiger partial charge in [-0.25, -0.2) is 17.9 Å². The Morgan fingerprint density at radius 3 is 2.36 bits per heavy atom. The first-order valence-corrected chi connectivity index (χ1v) is 10.5. The molecule has 7 heteroatoms. The molecule has 0 radical (unpaired) electrons. The number of carbonyl (C=O) groups excluding carboxylic acids is 1. The first-order valence-electron chi connectivity index (χ1n) is 8.89. The van der Waals surface area contributed by atoms with Gasteiger partial charge in [0.2, 0.25) is 10.0 Å². The van der Waals surface area contributed by atoms with Gasteiger partial charge >= 0.3 is 6.03 Å². The van der Waals surface area contributed by atoms with E-state index in [9.17, 15) is 13.2 Å². The SMILES string of the molecule is CNS(=O)(=O)Cc1cccc(CNC(=O)N(C)C(C2CC2)C2CC2)c1. The second kappa shape index (κ2) is 7.33. The lowest BCUT2D eigenvalue weighted by molar-refractivity contribution is 0.173. The number of nitrogens with one attached hydrogen (secondary N) is 2. The van der Waals surface area contributed by atoms with Crippen LogP contribution in [-0.2, 0) is 22.3 Å². The number of amides is 2. The molecule has 2 aliphatic carbocycles. The Bertz CT molecular complexity index is 715. The van der Waals surface area contributed by atoms with Crippen molar-refractivity contribution in [3.05, 3.63) is 35.4 Å². The molecule has 0 atom stereocenters. The van der Waals surface area contributed by atoms with Crippen LogP contribution in [0, 0.1) is 11.8 Å². The average Bonchev–Trinajstić information content (AvgIpc) is 3.47. The zero-order valence-electron chi connectivity index (χ0n) is 14.9. The van der Waals surface area contributed by atoms with Gasteiger partial charge in [-0.2, -0.15) is 0 Å². The second-order valence-corrected chi connectivity index (χ2v) is 9.14. The Morgan fingerprint density at radius 1 is 1.20 bits per heavy atom. The zero-order valence-corrected chi connectivity index (χ0v) is 15.7. The minimum Gasteiger partial charge on any atom is -0.334 e. The molecular formula is C18H27N3O3S. The summed E-state index contributed by atoms with van der Waals surface area (Å²) in [6.45, 7) is 0.401. The molecule has 0 bridgehead atoms. The Labute approximate surface area is 150 Å². The van der Waals surface area contributed by atoms with E-state index in [0.717, 1.165) is 5.56 Å². The maximum atomic E-state index is 12.5. The van der Waals surface area contributed by atoms with E-state index in [4.69, 9.17) is 0 Å². The molecule has 1 aromatic rings. The van der Waals surface area contributed by atoms with Gasteiger partial charge in [0.15, 0.2) is 0 Å². The standard InChI is InChI=1S/C18H27N3O3S/c1-19-25(23,24)12-14-5-3-4-13(10-14)11-20-18(22)21(2)17(15-6-7-15)16-8-9-16/h3-5,10,15-17,19H,6-9,11-12H2,1-2H3,(H,20,22). The summed E-state index contributed by atoms with van der Waals surface area (Å²) in [5.74, 6) is 1.30. The molecule has 2 N–H and O–H groups in total. The lowest BCUT2D eigenvalue weighted by Crippen LogP contribution is -2.45. The fraction of sp³-hybridized carbons (Fsp3) is 0.611. The van der Waals surface area contributed by atoms with Crippen molar-refractivity contribution in [1.29, 1.82) is 0 Å². The lowest BCUT2D eigenvalue weighted by Gasteiger charge is -2.28. The molecule has 6 nitrogen and oxygen atoms in total. The van der Waals surface area contributed by atoms with Crippen molar-refractivity contribution in [1.82, 2.24) is 14.9 Å².